The van der Waals surface area contributed by atoms with Crippen LogP contribution >= 0.6 is 15.9 Å². The van der Waals surface area contributed by atoms with Gasteiger partial charge in [0, 0.05) is 45.8 Å². The minimum Gasteiger partial charge on any atom is -0.385 e. The van der Waals surface area contributed by atoms with E-state index in [2.05, 4.69) is 20.8 Å². The Morgan fingerprint density at radius 2 is 1.82 bits per heavy atom. The Hall–Kier alpha value is 0.360. The van der Waals surface area contributed by atoms with Crippen molar-refractivity contribution in [3.63, 3.8) is 0 Å². The van der Waals surface area contributed by atoms with E-state index in [1.165, 1.54) is 25.8 Å². The summed E-state index contributed by atoms with van der Waals surface area (Å²) in [5.74, 6) is 0. The third-order valence-corrected chi connectivity index (χ3v) is 4.88. The Labute approximate surface area is 114 Å². The van der Waals surface area contributed by atoms with Crippen LogP contribution in [0.15, 0.2) is 0 Å². The molecule has 0 atom stereocenters. The summed E-state index contributed by atoms with van der Waals surface area (Å²) in [7, 11) is 3.54. The lowest BCUT2D eigenvalue weighted by Gasteiger charge is -2.44. The molecule has 1 aliphatic carbocycles. The number of halogens is 1. The van der Waals surface area contributed by atoms with Crippen LogP contribution in [0.25, 0.3) is 0 Å². The predicted molar refractivity (Wildman–Crippen MR) is 74.9 cm³/mol. The van der Waals surface area contributed by atoms with Gasteiger partial charge in [0.25, 0.3) is 0 Å². The van der Waals surface area contributed by atoms with Gasteiger partial charge in [-0.3, -0.25) is 0 Å². The van der Waals surface area contributed by atoms with Crippen molar-refractivity contribution in [1.29, 1.82) is 0 Å². The lowest BCUT2D eigenvalue weighted by atomic mass is 9.70. The van der Waals surface area contributed by atoms with E-state index >= 15 is 0 Å². The van der Waals surface area contributed by atoms with Crippen LogP contribution in [-0.2, 0) is 9.47 Å². The maximum absolute atomic E-state index is 5.19. The van der Waals surface area contributed by atoms with Gasteiger partial charge in [-0.1, -0.05) is 22.4 Å². The van der Waals surface area contributed by atoms with Crippen LogP contribution in [0, 0.1) is 5.41 Å². The molecule has 0 unspecified atom stereocenters. The highest BCUT2D eigenvalue weighted by Gasteiger charge is 2.37. The monoisotopic (exact) mass is 307 g/mol. The van der Waals surface area contributed by atoms with Crippen molar-refractivity contribution in [2.45, 2.75) is 25.7 Å². The molecule has 0 radical (unpaired) electrons. The van der Waals surface area contributed by atoms with E-state index < -0.39 is 0 Å². The average Bonchev–Trinajstić information content (AvgIpc) is 2.30. The van der Waals surface area contributed by atoms with Crippen molar-refractivity contribution in [2.75, 3.05) is 52.4 Å². The van der Waals surface area contributed by atoms with E-state index in [0.717, 1.165) is 38.1 Å². The lowest BCUT2D eigenvalue weighted by Crippen LogP contribution is -2.45. The maximum Gasteiger partial charge on any atom is 0.0589 e. The number of nitrogens with zero attached hydrogens (tertiary/aromatic N) is 1. The van der Waals surface area contributed by atoms with Crippen molar-refractivity contribution in [1.82, 2.24) is 4.90 Å². The largest absolute Gasteiger partial charge is 0.385 e. The molecule has 0 spiro atoms. The van der Waals surface area contributed by atoms with Crippen LogP contribution in [0.1, 0.15) is 25.7 Å². The predicted octanol–water partition coefficient (Wildman–Crippen LogP) is 2.54. The number of rotatable bonds is 10. The second-order valence-corrected chi connectivity index (χ2v) is 5.66. The number of methoxy groups -OCH3 is 2. The second-order valence-electron chi connectivity index (χ2n) is 5.10. The standard InChI is InChI=1S/C13H26BrNO2/c1-16-9-4-7-15(8-10-17-2)12-13(11-14)5-3-6-13/h3-12H2,1-2H3. The number of hydrogen-bond donors (Lipinski definition) is 0. The van der Waals surface area contributed by atoms with Crippen molar-refractivity contribution in [2.24, 2.45) is 5.41 Å². The molecule has 0 amide bonds. The fourth-order valence-corrected chi connectivity index (χ4v) is 3.15. The van der Waals surface area contributed by atoms with Crippen LogP contribution in [-0.4, -0.2) is 57.3 Å². The van der Waals surface area contributed by atoms with Crippen LogP contribution < -0.4 is 0 Å². The summed E-state index contributed by atoms with van der Waals surface area (Å²) in [6, 6.07) is 0. The third-order valence-electron chi connectivity index (χ3n) is 3.69. The Morgan fingerprint density at radius 3 is 2.29 bits per heavy atom. The number of ether oxygens (including phenoxy) is 2. The van der Waals surface area contributed by atoms with E-state index in [0.29, 0.717) is 5.41 Å². The summed E-state index contributed by atoms with van der Waals surface area (Å²) >= 11 is 3.68. The van der Waals surface area contributed by atoms with Gasteiger partial charge in [-0.2, -0.15) is 0 Å². The highest BCUT2D eigenvalue weighted by Crippen LogP contribution is 2.42. The second kappa shape index (κ2) is 8.46. The van der Waals surface area contributed by atoms with Gasteiger partial charge in [-0.15, -0.1) is 0 Å². The van der Waals surface area contributed by atoms with E-state index in [-0.39, 0.29) is 0 Å². The van der Waals surface area contributed by atoms with Crippen LogP contribution in [0.5, 0.6) is 0 Å². The third kappa shape index (κ3) is 5.25. The molecule has 102 valence electrons. The zero-order valence-corrected chi connectivity index (χ0v) is 12.8. The van der Waals surface area contributed by atoms with Gasteiger partial charge >= 0.3 is 0 Å². The van der Waals surface area contributed by atoms with E-state index in [9.17, 15) is 0 Å². The molecule has 0 aromatic rings. The molecule has 0 saturated heterocycles. The smallest absolute Gasteiger partial charge is 0.0589 e. The summed E-state index contributed by atoms with van der Waals surface area (Å²) in [4.78, 5) is 2.53. The number of alkyl halides is 1. The Kier molecular flexibility index (Phi) is 7.67. The minimum atomic E-state index is 0.529. The highest BCUT2D eigenvalue weighted by atomic mass is 79.9. The van der Waals surface area contributed by atoms with Crippen LogP contribution in [0.2, 0.25) is 0 Å². The Morgan fingerprint density at radius 1 is 1.12 bits per heavy atom. The van der Waals surface area contributed by atoms with Gasteiger partial charge in [0.2, 0.25) is 0 Å². The summed E-state index contributed by atoms with van der Waals surface area (Å²) in [5.41, 5.74) is 0.529. The molecule has 0 aromatic carbocycles. The van der Waals surface area contributed by atoms with Gasteiger partial charge in [0.05, 0.1) is 6.61 Å². The summed E-state index contributed by atoms with van der Waals surface area (Å²) in [6.45, 7) is 5.03. The zero-order valence-electron chi connectivity index (χ0n) is 11.2. The van der Waals surface area contributed by atoms with Crippen molar-refractivity contribution in [3.8, 4) is 0 Å². The van der Waals surface area contributed by atoms with E-state index in [1.54, 1.807) is 14.2 Å². The van der Waals surface area contributed by atoms with Gasteiger partial charge in [-0.05, 0) is 24.7 Å². The zero-order chi connectivity index (χ0) is 12.6. The quantitative estimate of drug-likeness (QED) is 0.457. The first-order chi connectivity index (χ1) is 8.26. The molecule has 0 bridgehead atoms. The molecule has 1 rings (SSSR count). The Balaban J connectivity index is 2.33. The number of hydrogen-bond acceptors (Lipinski definition) is 3. The minimum absolute atomic E-state index is 0.529. The van der Waals surface area contributed by atoms with Gasteiger partial charge < -0.3 is 14.4 Å². The molecule has 3 nitrogen and oxygen atoms in total. The van der Waals surface area contributed by atoms with E-state index in [1.807, 2.05) is 0 Å². The molecular weight excluding hydrogens is 282 g/mol. The molecule has 1 fully saturated rings. The summed E-state index contributed by atoms with van der Waals surface area (Å²) in [6.07, 6.45) is 5.23. The van der Waals surface area contributed by atoms with Crippen LogP contribution in [0.4, 0.5) is 0 Å². The van der Waals surface area contributed by atoms with E-state index in [4.69, 9.17) is 9.47 Å². The molecule has 1 aliphatic rings. The summed E-state index contributed by atoms with van der Waals surface area (Å²) in [5, 5.41) is 1.13. The van der Waals surface area contributed by atoms with Crippen molar-refractivity contribution < 1.29 is 9.47 Å². The molecule has 4 heteroatoms. The maximum atomic E-state index is 5.19. The topological polar surface area (TPSA) is 21.7 Å². The fraction of sp³-hybridized carbons (Fsp3) is 1.00. The molecule has 1 saturated carbocycles. The van der Waals surface area contributed by atoms with Gasteiger partial charge in [-0.25, -0.2) is 0 Å². The first kappa shape index (κ1) is 15.4. The van der Waals surface area contributed by atoms with Crippen molar-refractivity contribution in [3.05, 3.63) is 0 Å². The SMILES string of the molecule is COCCCN(CCOC)CC1(CBr)CCC1. The molecular formula is C13H26BrNO2. The Bertz CT molecular complexity index is 192. The van der Waals surface area contributed by atoms with Gasteiger partial charge in [0.15, 0.2) is 0 Å². The highest BCUT2D eigenvalue weighted by molar-refractivity contribution is 9.09. The molecule has 0 N–H and O–H groups in total. The first-order valence-electron chi connectivity index (χ1n) is 6.52. The summed E-state index contributed by atoms with van der Waals surface area (Å²) < 4.78 is 10.3. The van der Waals surface area contributed by atoms with Crippen molar-refractivity contribution >= 4 is 15.9 Å². The lowest BCUT2D eigenvalue weighted by molar-refractivity contribution is 0.0644. The molecule has 0 aromatic heterocycles. The van der Waals surface area contributed by atoms with Crippen LogP contribution in [0.3, 0.4) is 0 Å². The normalized spacial score (nSPS) is 18.4. The average molecular weight is 308 g/mol. The molecule has 0 heterocycles. The molecule has 17 heavy (non-hydrogen) atoms. The first-order valence-corrected chi connectivity index (χ1v) is 7.65. The fourth-order valence-electron chi connectivity index (χ4n) is 2.41. The van der Waals surface area contributed by atoms with Gasteiger partial charge in [0.1, 0.15) is 0 Å². The molecule has 0 aliphatic heterocycles.